The Morgan fingerprint density at radius 3 is 2.78 bits per heavy atom. The van der Waals surface area contributed by atoms with Gasteiger partial charge >= 0.3 is 0 Å². The molecule has 0 saturated carbocycles. The summed E-state index contributed by atoms with van der Waals surface area (Å²) in [4.78, 5) is 0. The van der Waals surface area contributed by atoms with E-state index in [0.29, 0.717) is 18.0 Å². The molecule has 1 aliphatic rings. The molecule has 18 heavy (non-hydrogen) atoms. The van der Waals surface area contributed by atoms with E-state index in [4.69, 9.17) is 5.26 Å². The highest BCUT2D eigenvalue weighted by atomic mass is 16.3. The Kier molecular flexibility index (Phi) is 3.55. The van der Waals surface area contributed by atoms with E-state index in [1.807, 2.05) is 19.9 Å². The third-order valence-electron chi connectivity index (χ3n) is 3.39. The zero-order valence-corrected chi connectivity index (χ0v) is 10.6. The van der Waals surface area contributed by atoms with Gasteiger partial charge < -0.3 is 15.5 Å². The average Bonchev–Trinajstić information content (AvgIpc) is 2.32. The molecule has 1 aliphatic carbocycles. The van der Waals surface area contributed by atoms with Crippen molar-refractivity contribution in [3.8, 4) is 11.8 Å². The second-order valence-electron chi connectivity index (χ2n) is 5.05. The van der Waals surface area contributed by atoms with Crippen LogP contribution in [0.25, 0.3) is 0 Å². The first-order chi connectivity index (χ1) is 8.54. The summed E-state index contributed by atoms with van der Waals surface area (Å²) in [5.41, 5.74) is 1.84. The molecule has 0 aliphatic heterocycles. The van der Waals surface area contributed by atoms with Crippen molar-refractivity contribution in [1.29, 1.82) is 5.26 Å². The zero-order valence-electron chi connectivity index (χ0n) is 10.6. The van der Waals surface area contributed by atoms with E-state index in [1.54, 1.807) is 6.07 Å². The van der Waals surface area contributed by atoms with E-state index in [0.717, 1.165) is 17.5 Å². The van der Waals surface area contributed by atoms with Crippen LogP contribution in [-0.2, 0) is 6.42 Å². The summed E-state index contributed by atoms with van der Waals surface area (Å²) in [6.07, 6.45) is 0.849. The largest absolute Gasteiger partial charge is 0.507 e. The molecule has 2 rings (SSSR count). The molecule has 1 aromatic rings. The van der Waals surface area contributed by atoms with Gasteiger partial charge in [0.25, 0.3) is 0 Å². The van der Waals surface area contributed by atoms with Gasteiger partial charge in [-0.05, 0) is 30.0 Å². The van der Waals surface area contributed by atoms with Crippen molar-refractivity contribution in [2.45, 2.75) is 44.9 Å². The van der Waals surface area contributed by atoms with Crippen LogP contribution in [0.1, 0.15) is 43.1 Å². The molecule has 0 unspecified atom stereocenters. The number of hydrogen-bond acceptors (Lipinski definition) is 4. The molecule has 0 amide bonds. The number of aliphatic hydroxyl groups excluding tert-OH is 1. The number of nitrogens with one attached hydrogen (secondary N) is 1. The smallest absolute Gasteiger partial charge is 0.133 e. The summed E-state index contributed by atoms with van der Waals surface area (Å²) >= 11 is 0. The molecular weight excluding hydrogens is 228 g/mol. The highest BCUT2D eigenvalue weighted by Gasteiger charge is 2.30. The molecule has 0 spiro atoms. The number of nitrogens with zero attached hydrogens (tertiary/aromatic N) is 1. The molecule has 0 aromatic heterocycles. The van der Waals surface area contributed by atoms with Crippen LogP contribution in [0.4, 0.5) is 0 Å². The topological polar surface area (TPSA) is 76.3 Å². The summed E-state index contributed by atoms with van der Waals surface area (Å²) < 4.78 is 0. The van der Waals surface area contributed by atoms with Crippen LogP contribution in [0.15, 0.2) is 12.1 Å². The molecule has 0 bridgehead atoms. The SMILES string of the molecule is CC(C)N[C@@H]1CCc2c(ccc(O)c2C#N)[C@H]1O. The van der Waals surface area contributed by atoms with Gasteiger partial charge in [0.1, 0.15) is 11.8 Å². The lowest BCUT2D eigenvalue weighted by Crippen LogP contribution is -2.42. The highest BCUT2D eigenvalue weighted by molar-refractivity contribution is 5.53. The van der Waals surface area contributed by atoms with Gasteiger partial charge in [0.05, 0.1) is 11.7 Å². The molecule has 0 heterocycles. The van der Waals surface area contributed by atoms with Crippen LogP contribution in [0.2, 0.25) is 0 Å². The summed E-state index contributed by atoms with van der Waals surface area (Å²) in [7, 11) is 0. The number of phenolic OH excluding ortho intramolecular Hbond substituents is 1. The minimum Gasteiger partial charge on any atom is -0.507 e. The van der Waals surface area contributed by atoms with Crippen molar-refractivity contribution in [2.24, 2.45) is 0 Å². The lowest BCUT2D eigenvalue weighted by molar-refractivity contribution is 0.110. The van der Waals surface area contributed by atoms with Crippen molar-refractivity contribution in [3.05, 3.63) is 28.8 Å². The second kappa shape index (κ2) is 4.97. The maximum atomic E-state index is 10.3. The Bertz CT molecular complexity index is 491. The Hall–Kier alpha value is -1.57. The predicted molar refractivity (Wildman–Crippen MR) is 68.2 cm³/mol. The molecule has 4 heteroatoms. The van der Waals surface area contributed by atoms with Gasteiger partial charge in [-0.25, -0.2) is 0 Å². The lowest BCUT2D eigenvalue weighted by Gasteiger charge is -2.32. The Balaban J connectivity index is 2.37. The molecular formula is C14H18N2O2. The lowest BCUT2D eigenvalue weighted by atomic mass is 9.83. The Morgan fingerprint density at radius 1 is 1.44 bits per heavy atom. The predicted octanol–water partition coefficient (Wildman–Crippen LogP) is 1.61. The van der Waals surface area contributed by atoms with Gasteiger partial charge in [-0.2, -0.15) is 5.26 Å². The summed E-state index contributed by atoms with van der Waals surface area (Å²) in [5.74, 6) is -0.00119. The first kappa shape index (κ1) is 12.9. The van der Waals surface area contributed by atoms with E-state index < -0.39 is 6.10 Å². The van der Waals surface area contributed by atoms with Crippen LogP contribution in [-0.4, -0.2) is 22.3 Å². The maximum Gasteiger partial charge on any atom is 0.133 e. The minimum atomic E-state index is -0.621. The molecule has 0 radical (unpaired) electrons. The molecule has 0 saturated heterocycles. The number of aromatic hydroxyl groups is 1. The number of phenols is 1. The molecule has 96 valence electrons. The van der Waals surface area contributed by atoms with Crippen molar-refractivity contribution >= 4 is 0 Å². The standard InChI is InChI=1S/C14H18N2O2/c1-8(2)16-12-5-3-9-10(14(12)18)4-6-13(17)11(9)7-15/h4,6,8,12,14,16-18H,3,5H2,1-2H3/t12-,14-/m1/s1. The first-order valence-electron chi connectivity index (χ1n) is 6.23. The van der Waals surface area contributed by atoms with Crippen molar-refractivity contribution in [2.75, 3.05) is 0 Å². The van der Waals surface area contributed by atoms with Crippen molar-refractivity contribution in [1.82, 2.24) is 5.32 Å². The highest BCUT2D eigenvalue weighted by Crippen LogP contribution is 2.35. The Labute approximate surface area is 107 Å². The molecule has 0 fully saturated rings. The number of nitriles is 1. The third-order valence-corrected chi connectivity index (χ3v) is 3.39. The van der Waals surface area contributed by atoms with E-state index in [2.05, 4.69) is 5.32 Å². The molecule has 3 N–H and O–H groups in total. The van der Waals surface area contributed by atoms with Gasteiger partial charge in [-0.15, -0.1) is 0 Å². The monoisotopic (exact) mass is 246 g/mol. The summed E-state index contributed by atoms with van der Waals surface area (Å²) in [5, 5.41) is 32.4. The fourth-order valence-electron chi connectivity index (χ4n) is 2.60. The Morgan fingerprint density at radius 2 is 2.17 bits per heavy atom. The van der Waals surface area contributed by atoms with E-state index >= 15 is 0 Å². The summed E-state index contributed by atoms with van der Waals surface area (Å²) in [6, 6.07) is 5.53. The van der Waals surface area contributed by atoms with Crippen molar-refractivity contribution in [3.63, 3.8) is 0 Å². The molecule has 4 nitrogen and oxygen atoms in total. The zero-order chi connectivity index (χ0) is 13.3. The van der Waals surface area contributed by atoms with Gasteiger partial charge in [0.15, 0.2) is 0 Å². The van der Waals surface area contributed by atoms with E-state index in [9.17, 15) is 10.2 Å². The van der Waals surface area contributed by atoms with E-state index in [-0.39, 0.29) is 11.8 Å². The van der Waals surface area contributed by atoms with Crippen LogP contribution in [0, 0.1) is 11.3 Å². The third kappa shape index (κ3) is 2.20. The maximum absolute atomic E-state index is 10.3. The first-order valence-corrected chi connectivity index (χ1v) is 6.23. The van der Waals surface area contributed by atoms with Gasteiger partial charge in [0, 0.05) is 12.1 Å². The van der Waals surface area contributed by atoms with E-state index in [1.165, 1.54) is 6.07 Å². The van der Waals surface area contributed by atoms with Crippen LogP contribution in [0.5, 0.6) is 5.75 Å². The normalized spacial score (nSPS) is 22.6. The van der Waals surface area contributed by atoms with Crippen LogP contribution < -0.4 is 5.32 Å². The van der Waals surface area contributed by atoms with Crippen LogP contribution >= 0.6 is 0 Å². The molecule has 1 aromatic carbocycles. The van der Waals surface area contributed by atoms with Crippen molar-refractivity contribution < 1.29 is 10.2 Å². The average molecular weight is 246 g/mol. The summed E-state index contributed by atoms with van der Waals surface area (Å²) in [6.45, 7) is 4.08. The fraction of sp³-hybridized carbons (Fsp3) is 0.500. The van der Waals surface area contributed by atoms with Gasteiger partial charge in [-0.3, -0.25) is 0 Å². The number of benzene rings is 1. The van der Waals surface area contributed by atoms with Crippen LogP contribution in [0.3, 0.4) is 0 Å². The number of rotatable bonds is 2. The molecule has 2 atom stereocenters. The number of hydrogen-bond donors (Lipinski definition) is 3. The van der Waals surface area contributed by atoms with Gasteiger partial charge in [0.2, 0.25) is 0 Å². The number of aliphatic hydroxyl groups is 1. The van der Waals surface area contributed by atoms with Gasteiger partial charge in [-0.1, -0.05) is 19.9 Å². The second-order valence-corrected chi connectivity index (χ2v) is 5.05. The minimum absolute atomic E-state index is 0.00119. The quantitative estimate of drug-likeness (QED) is 0.741. The number of fused-ring (bicyclic) bond motifs is 1. The fourth-order valence-corrected chi connectivity index (χ4v) is 2.60.